The molecule has 1 aromatic carbocycles. The Labute approximate surface area is 116 Å². The lowest BCUT2D eigenvalue weighted by molar-refractivity contribution is 0.0903. The van der Waals surface area contributed by atoms with Gasteiger partial charge in [0.05, 0.1) is 6.10 Å². The summed E-state index contributed by atoms with van der Waals surface area (Å²) in [6.45, 7) is 4.25. The highest BCUT2D eigenvalue weighted by atomic mass is 16.5. The Bertz CT molecular complexity index is 371. The van der Waals surface area contributed by atoms with E-state index in [-0.39, 0.29) is 6.10 Å². The quantitative estimate of drug-likeness (QED) is 0.848. The van der Waals surface area contributed by atoms with Gasteiger partial charge in [0.25, 0.3) is 0 Å². The third kappa shape index (κ3) is 3.73. The summed E-state index contributed by atoms with van der Waals surface area (Å²) in [5.41, 5.74) is 0.977. The maximum Gasteiger partial charge on any atom is 0.119 e. The van der Waals surface area contributed by atoms with Gasteiger partial charge in [-0.05, 0) is 55.7 Å². The number of benzene rings is 1. The van der Waals surface area contributed by atoms with Gasteiger partial charge in [-0.15, -0.1) is 0 Å². The van der Waals surface area contributed by atoms with E-state index in [9.17, 15) is 5.11 Å². The lowest BCUT2D eigenvalue weighted by atomic mass is 9.85. The molecule has 1 N–H and O–H groups in total. The third-order valence-electron chi connectivity index (χ3n) is 4.30. The van der Waals surface area contributed by atoms with Crippen LogP contribution < -0.4 is 4.74 Å². The summed E-state index contributed by atoms with van der Waals surface area (Å²) in [6.07, 6.45) is 7.09. The summed E-state index contributed by atoms with van der Waals surface area (Å²) in [4.78, 5) is 0. The van der Waals surface area contributed by atoms with Crippen LogP contribution in [0.25, 0.3) is 0 Å². The number of rotatable bonds is 5. The molecule has 0 aromatic heterocycles. The minimum absolute atomic E-state index is 0.355. The van der Waals surface area contributed by atoms with Crippen molar-refractivity contribution in [1.29, 1.82) is 0 Å². The molecule has 2 unspecified atom stereocenters. The smallest absolute Gasteiger partial charge is 0.119 e. The third-order valence-corrected chi connectivity index (χ3v) is 4.30. The Morgan fingerprint density at radius 1 is 1.16 bits per heavy atom. The van der Waals surface area contributed by atoms with E-state index in [2.05, 4.69) is 6.92 Å². The van der Waals surface area contributed by atoms with Crippen LogP contribution in [0.15, 0.2) is 24.3 Å². The van der Waals surface area contributed by atoms with Gasteiger partial charge in [0.1, 0.15) is 11.9 Å². The lowest BCUT2D eigenvalue weighted by Gasteiger charge is -2.31. The van der Waals surface area contributed by atoms with Crippen molar-refractivity contribution in [2.75, 3.05) is 0 Å². The zero-order valence-electron chi connectivity index (χ0n) is 12.1. The van der Waals surface area contributed by atoms with Crippen molar-refractivity contribution in [3.05, 3.63) is 29.8 Å². The fourth-order valence-corrected chi connectivity index (χ4v) is 2.97. The summed E-state index contributed by atoms with van der Waals surface area (Å²) in [6, 6.07) is 7.95. The molecule has 2 rings (SSSR count). The highest BCUT2D eigenvalue weighted by Gasteiger charge is 2.25. The number of hydrogen-bond donors (Lipinski definition) is 1. The first-order valence-corrected chi connectivity index (χ1v) is 7.69. The highest BCUT2D eigenvalue weighted by Crippen LogP contribution is 2.31. The Balaban J connectivity index is 1.98. The molecule has 0 saturated heterocycles. The summed E-state index contributed by atoms with van der Waals surface area (Å²) in [5.74, 6) is 1.65. The van der Waals surface area contributed by atoms with Crippen molar-refractivity contribution in [3.63, 3.8) is 0 Å². The van der Waals surface area contributed by atoms with Gasteiger partial charge in [0, 0.05) is 0 Å². The van der Waals surface area contributed by atoms with Crippen LogP contribution in [0, 0.1) is 5.92 Å². The average molecular weight is 262 g/mol. The van der Waals surface area contributed by atoms with Crippen LogP contribution in [0.5, 0.6) is 5.75 Å². The van der Waals surface area contributed by atoms with Crippen molar-refractivity contribution in [2.24, 2.45) is 5.92 Å². The van der Waals surface area contributed by atoms with Crippen LogP contribution in [0.1, 0.15) is 64.0 Å². The van der Waals surface area contributed by atoms with Gasteiger partial charge in [-0.25, -0.2) is 0 Å². The van der Waals surface area contributed by atoms with E-state index in [0.29, 0.717) is 12.0 Å². The van der Waals surface area contributed by atoms with Gasteiger partial charge in [-0.2, -0.15) is 0 Å². The molecule has 2 heteroatoms. The van der Waals surface area contributed by atoms with E-state index >= 15 is 0 Å². The topological polar surface area (TPSA) is 29.5 Å². The van der Waals surface area contributed by atoms with Crippen LogP contribution in [-0.4, -0.2) is 11.2 Å². The monoisotopic (exact) mass is 262 g/mol. The summed E-state index contributed by atoms with van der Waals surface area (Å²) in [7, 11) is 0. The van der Waals surface area contributed by atoms with Gasteiger partial charge in [-0.3, -0.25) is 0 Å². The molecule has 2 nitrogen and oxygen atoms in total. The molecule has 0 aliphatic heterocycles. The normalized spacial score (nSPS) is 25.0. The number of aliphatic hydroxyl groups is 1. The Morgan fingerprint density at radius 2 is 1.84 bits per heavy atom. The molecule has 1 fully saturated rings. The molecule has 1 aromatic rings. The second-order valence-corrected chi connectivity index (χ2v) is 5.60. The lowest BCUT2D eigenvalue weighted by Crippen LogP contribution is -2.29. The minimum Gasteiger partial charge on any atom is -0.490 e. The zero-order chi connectivity index (χ0) is 13.7. The maximum atomic E-state index is 9.78. The number of hydrogen-bond acceptors (Lipinski definition) is 2. The molecular weight excluding hydrogens is 236 g/mol. The summed E-state index contributed by atoms with van der Waals surface area (Å²) >= 11 is 0. The first kappa shape index (κ1) is 14.4. The molecule has 19 heavy (non-hydrogen) atoms. The van der Waals surface area contributed by atoms with E-state index in [0.717, 1.165) is 17.7 Å². The van der Waals surface area contributed by atoms with E-state index in [1.165, 1.54) is 32.1 Å². The molecule has 0 spiro atoms. The largest absolute Gasteiger partial charge is 0.490 e. The van der Waals surface area contributed by atoms with E-state index in [1.807, 2.05) is 31.2 Å². The molecule has 0 radical (unpaired) electrons. The second kappa shape index (κ2) is 6.95. The van der Waals surface area contributed by atoms with Crippen molar-refractivity contribution in [1.82, 2.24) is 0 Å². The summed E-state index contributed by atoms with van der Waals surface area (Å²) < 4.78 is 6.15. The van der Waals surface area contributed by atoms with Gasteiger partial charge >= 0.3 is 0 Å². The van der Waals surface area contributed by atoms with Crippen molar-refractivity contribution < 1.29 is 9.84 Å². The maximum absolute atomic E-state index is 9.78. The summed E-state index contributed by atoms with van der Waals surface area (Å²) in [5, 5.41) is 9.78. The van der Waals surface area contributed by atoms with Crippen molar-refractivity contribution in [2.45, 2.75) is 64.6 Å². The Kier molecular flexibility index (Phi) is 5.26. The van der Waals surface area contributed by atoms with Gasteiger partial charge in [-0.1, -0.05) is 32.4 Å². The molecule has 106 valence electrons. The van der Waals surface area contributed by atoms with Gasteiger partial charge in [0.2, 0.25) is 0 Å². The molecule has 3 atom stereocenters. The van der Waals surface area contributed by atoms with Crippen molar-refractivity contribution in [3.8, 4) is 5.75 Å². The predicted molar refractivity (Wildman–Crippen MR) is 78.4 cm³/mol. The van der Waals surface area contributed by atoms with E-state index < -0.39 is 0 Å². The van der Waals surface area contributed by atoms with Crippen molar-refractivity contribution >= 4 is 0 Å². The fourth-order valence-electron chi connectivity index (χ4n) is 2.97. The van der Waals surface area contributed by atoms with Gasteiger partial charge < -0.3 is 9.84 Å². The molecule has 1 aliphatic rings. The molecule has 0 heterocycles. The van der Waals surface area contributed by atoms with Crippen LogP contribution in [0.3, 0.4) is 0 Å². The minimum atomic E-state index is -0.355. The fraction of sp³-hybridized carbons (Fsp3) is 0.647. The Morgan fingerprint density at radius 3 is 2.47 bits per heavy atom. The standard InChI is InChI=1S/C17H26O2/c1-3-13-7-5-6-8-17(13)19-15-11-9-14(10-12-15)16(18)4-2/h9-13,16-18H,3-8H2,1-2H3/t13?,16-,17?/m1/s1. The number of ether oxygens (including phenoxy) is 1. The predicted octanol–water partition coefficient (Wildman–Crippen LogP) is 4.48. The molecular formula is C17H26O2. The second-order valence-electron chi connectivity index (χ2n) is 5.60. The van der Waals surface area contributed by atoms with Crippen LogP contribution >= 0.6 is 0 Å². The average Bonchev–Trinajstić information content (AvgIpc) is 2.48. The number of aliphatic hydroxyl groups excluding tert-OH is 1. The first-order valence-electron chi connectivity index (χ1n) is 7.69. The molecule has 1 aliphatic carbocycles. The van der Waals surface area contributed by atoms with E-state index in [4.69, 9.17) is 4.74 Å². The first-order chi connectivity index (χ1) is 9.24. The zero-order valence-corrected chi connectivity index (χ0v) is 12.1. The molecule has 0 bridgehead atoms. The SMILES string of the molecule is CCC1CCCCC1Oc1ccc([C@H](O)CC)cc1. The molecule has 0 amide bonds. The van der Waals surface area contributed by atoms with Gasteiger partial charge in [0.15, 0.2) is 0 Å². The Hall–Kier alpha value is -1.02. The highest BCUT2D eigenvalue weighted by molar-refractivity contribution is 5.28. The van der Waals surface area contributed by atoms with E-state index in [1.54, 1.807) is 0 Å². The van der Waals surface area contributed by atoms with Crippen LogP contribution in [0.4, 0.5) is 0 Å². The van der Waals surface area contributed by atoms with Crippen LogP contribution in [-0.2, 0) is 0 Å². The van der Waals surface area contributed by atoms with Crippen LogP contribution in [0.2, 0.25) is 0 Å². The molecule has 1 saturated carbocycles.